The highest BCUT2D eigenvalue weighted by atomic mass is 32.1. The Balaban J connectivity index is 3.30. The second kappa shape index (κ2) is 6.71. The van der Waals surface area contributed by atoms with Crippen LogP contribution in [-0.4, -0.2) is 16.8 Å². The molecule has 58 valence electrons. The number of hydrogen-bond donors (Lipinski definition) is 1. The fourth-order valence-electron chi connectivity index (χ4n) is 0.370. The first-order chi connectivity index (χ1) is 4.81. The molecule has 0 aliphatic rings. The number of aliphatic hydroxyl groups excluding tert-OH is 1. The topological polar surface area (TPSA) is 29.5 Å². The minimum absolute atomic E-state index is 0.0544. The van der Waals surface area contributed by atoms with Crippen LogP contribution in [-0.2, 0) is 4.74 Å². The number of hydrogen-bond acceptors (Lipinski definition) is 3. The molecule has 0 atom stereocenters. The Morgan fingerprint density at radius 2 is 2.40 bits per heavy atom. The minimum Gasteiger partial charge on any atom is -0.458 e. The molecule has 0 aliphatic carbocycles. The van der Waals surface area contributed by atoms with Gasteiger partial charge in [-0.25, -0.2) is 0 Å². The van der Waals surface area contributed by atoms with Gasteiger partial charge in [0.15, 0.2) is 5.05 Å². The second-order valence-electron chi connectivity index (χ2n) is 1.74. The number of thiocarbonyl (C=S) groups is 1. The molecular formula is C7H12O2S. The molecule has 1 N–H and O–H groups in total. The van der Waals surface area contributed by atoms with Gasteiger partial charge in [0.25, 0.3) is 0 Å². The second-order valence-corrected chi connectivity index (χ2v) is 2.20. The van der Waals surface area contributed by atoms with Crippen LogP contribution in [0.15, 0.2) is 12.3 Å². The van der Waals surface area contributed by atoms with Gasteiger partial charge in [0, 0.05) is 6.42 Å². The van der Waals surface area contributed by atoms with Crippen molar-refractivity contribution < 1.29 is 9.84 Å². The maximum absolute atomic E-state index is 8.40. The van der Waals surface area contributed by atoms with Crippen LogP contribution in [0.5, 0.6) is 0 Å². The average Bonchev–Trinajstić information content (AvgIpc) is 1.89. The van der Waals surface area contributed by atoms with Gasteiger partial charge >= 0.3 is 0 Å². The number of rotatable bonds is 4. The zero-order chi connectivity index (χ0) is 7.82. The van der Waals surface area contributed by atoms with Crippen LogP contribution in [0.1, 0.15) is 19.8 Å². The van der Waals surface area contributed by atoms with E-state index in [9.17, 15) is 0 Å². The molecule has 10 heavy (non-hydrogen) atoms. The van der Waals surface area contributed by atoms with E-state index in [2.05, 4.69) is 0 Å². The van der Waals surface area contributed by atoms with Gasteiger partial charge in [0.2, 0.25) is 0 Å². The van der Waals surface area contributed by atoms with E-state index in [0.29, 0.717) is 11.5 Å². The monoisotopic (exact) mass is 160 g/mol. The van der Waals surface area contributed by atoms with Gasteiger partial charge in [-0.05, 0) is 24.7 Å². The molecule has 0 rings (SSSR count). The van der Waals surface area contributed by atoms with Gasteiger partial charge in [-0.15, -0.1) is 0 Å². The summed E-state index contributed by atoms with van der Waals surface area (Å²) >= 11 is 4.73. The summed E-state index contributed by atoms with van der Waals surface area (Å²) in [4.78, 5) is 0. The molecule has 0 amide bonds. The molecule has 0 aromatic carbocycles. The average molecular weight is 160 g/mol. The highest BCUT2D eigenvalue weighted by Gasteiger charge is 1.90. The van der Waals surface area contributed by atoms with Crippen molar-refractivity contribution in [2.24, 2.45) is 0 Å². The Kier molecular flexibility index (Phi) is 6.43. The van der Waals surface area contributed by atoms with Crippen molar-refractivity contribution in [1.82, 2.24) is 0 Å². The quantitative estimate of drug-likeness (QED) is 0.500. The summed E-state index contributed by atoms with van der Waals surface area (Å²) in [5.74, 6) is 0. The fraction of sp³-hybridized carbons (Fsp3) is 0.571. The molecule has 0 aromatic rings. The smallest absolute Gasteiger partial charge is 0.168 e. The lowest BCUT2D eigenvalue weighted by Gasteiger charge is -1.97. The van der Waals surface area contributed by atoms with Crippen LogP contribution in [0.25, 0.3) is 0 Å². The molecule has 0 heterocycles. The molecule has 3 heteroatoms. The zero-order valence-electron chi connectivity index (χ0n) is 6.04. The maximum atomic E-state index is 8.40. The third-order valence-electron chi connectivity index (χ3n) is 0.847. The number of ether oxygens (including phenoxy) is 1. The van der Waals surface area contributed by atoms with E-state index in [-0.39, 0.29) is 6.61 Å². The molecule has 0 fully saturated rings. The predicted octanol–water partition coefficient (Wildman–Crippen LogP) is 1.64. The van der Waals surface area contributed by atoms with Crippen molar-refractivity contribution in [2.75, 3.05) is 6.61 Å². The standard InChI is InChI=1S/C7H12O2S/c1-2-3-6-9-7(10)4-5-8/h3,6,8H,2,4-5H2,1H3. The summed E-state index contributed by atoms with van der Waals surface area (Å²) in [7, 11) is 0. The summed E-state index contributed by atoms with van der Waals surface area (Å²) < 4.78 is 4.91. The van der Waals surface area contributed by atoms with Crippen molar-refractivity contribution in [3.8, 4) is 0 Å². The lowest BCUT2D eigenvalue weighted by molar-refractivity contribution is 0.298. The maximum Gasteiger partial charge on any atom is 0.168 e. The molecule has 2 nitrogen and oxygen atoms in total. The van der Waals surface area contributed by atoms with Crippen molar-refractivity contribution >= 4 is 17.3 Å². The molecule has 0 bridgehead atoms. The Labute approximate surface area is 66.5 Å². The largest absolute Gasteiger partial charge is 0.458 e. The SMILES string of the molecule is CCC=COC(=S)CCO. The molecule has 0 aliphatic heterocycles. The first kappa shape index (κ1) is 9.59. The van der Waals surface area contributed by atoms with Crippen LogP contribution in [0.4, 0.5) is 0 Å². The van der Waals surface area contributed by atoms with Crippen molar-refractivity contribution in [3.05, 3.63) is 12.3 Å². The highest BCUT2D eigenvalue weighted by molar-refractivity contribution is 7.80. The van der Waals surface area contributed by atoms with E-state index in [1.165, 1.54) is 0 Å². The van der Waals surface area contributed by atoms with Crippen LogP contribution in [0, 0.1) is 0 Å². The van der Waals surface area contributed by atoms with Gasteiger partial charge in [-0.2, -0.15) is 0 Å². The molecule has 0 radical (unpaired) electrons. The third-order valence-corrected chi connectivity index (χ3v) is 1.15. The van der Waals surface area contributed by atoms with E-state index in [4.69, 9.17) is 22.1 Å². The van der Waals surface area contributed by atoms with Crippen LogP contribution in [0.2, 0.25) is 0 Å². The van der Waals surface area contributed by atoms with Crippen molar-refractivity contribution in [1.29, 1.82) is 0 Å². The third kappa shape index (κ3) is 5.72. The Morgan fingerprint density at radius 3 is 2.90 bits per heavy atom. The predicted molar refractivity (Wildman–Crippen MR) is 44.8 cm³/mol. The fourth-order valence-corrected chi connectivity index (χ4v) is 0.517. The van der Waals surface area contributed by atoms with E-state index in [1.807, 2.05) is 13.0 Å². The van der Waals surface area contributed by atoms with Crippen LogP contribution >= 0.6 is 12.2 Å². The molecule has 0 unspecified atom stereocenters. The van der Waals surface area contributed by atoms with Crippen molar-refractivity contribution in [2.45, 2.75) is 19.8 Å². The van der Waals surface area contributed by atoms with Crippen LogP contribution in [0.3, 0.4) is 0 Å². The van der Waals surface area contributed by atoms with Gasteiger partial charge in [-0.1, -0.05) is 6.92 Å². The lowest BCUT2D eigenvalue weighted by Crippen LogP contribution is -1.98. The first-order valence-corrected chi connectivity index (χ1v) is 3.67. The Bertz CT molecular complexity index is 121. The van der Waals surface area contributed by atoms with Gasteiger partial charge in [-0.3, -0.25) is 0 Å². The summed E-state index contributed by atoms with van der Waals surface area (Å²) in [5.41, 5.74) is 0. The lowest BCUT2D eigenvalue weighted by atomic mass is 10.5. The summed E-state index contributed by atoms with van der Waals surface area (Å²) in [5, 5.41) is 8.84. The minimum atomic E-state index is 0.0544. The highest BCUT2D eigenvalue weighted by Crippen LogP contribution is 1.90. The van der Waals surface area contributed by atoms with Gasteiger partial charge in [0.05, 0.1) is 12.9 Å². The summed E-state index contributed by atoms with van der Waals surface area (Å²) in [6, 6.07) is 0. The van der Waals surface area contributed by atoms with E-state index in [1.54, 1.807) is 6.26 Å². The zero-order valence-corrected chi connectivity index (χ0v) is 6.86. The summed E-state index contributed by atoms with van der Waals surface area (Å²) in [6.45, 7) is 2.06. The number of aliphatic hydroxyl groups is 1. The van der Waals surface area contributed by atoms with Gasteiger partial charge < -0.3 is 9.84 Å². The molecule has 0 aromatic heterocycles. The van der Waals surface area contributed by atoms with E-state index >= 15 is 0 Å². The molecule has 0 saturated carbocycles. The van der Waals surface area contributed by atoms with E-state index in [0.717, 1.165) is 6.42 Å². The molecule has 0 spiro atoms. The van der Waals surface area contributed by atoms with Crippen LogP contribution < -0.4 is 0 Å². The normalized spacial score (nSPS) is 10.2. The van der Waals surface area contributed by atoms with Gasteiger partial charge in [0.1, 0.15) is 0 Å². The van der Waals surface area contributed by atoms with E-state index < -0.39 is 0 Å². The summed E-state index contributed by atoms with van der Waals surface area (Å²) in [6.07, 6.45) is 4.78. The Morgan fingerprint density at radius 1 is 1.70 bits per heavy atom. The molecule has 0 saturated heterocycles. The first-order valence-electron chi connectivity index (χ1n) is 3.26. The van der Waals surface area contributed by atoms with Crippen molar-refractivity contribution in [3.63, 3.8) is 0 Å². The molecular weight excluding hydrogens is 148 g/mol. The number of allylic oxidation sites excluding steroid dienone is 1. The Hall–Kier alpha value is -0.410.